The third-order valence-corrected chi connectivity index (χ3v) is 4.49. The summed E-state index contributed by atoms with van der Waals surface area (Å²) in [5, 5.41) is 3.19. The first-order valence-electron chi connectivity index (χ1n) is 5.81. The van der Waals surface area contributed by atoms with Crippen LogP contribution >= 0.6 is 0 Å². The van der Waals surface area contributed by atoms with Gasteiger partial charge in [0.2, 0.25) is 10.0 Å². The maximum Gasteiger partial charge on any atom is 0.240 e. The Balaban J connectivity index is 2.23. The highest BCUT2D eigenvalue weighted by Gasteiger charge is 2.19. The summed E-state index contributed by atoms with van der Waals surface area (Å²) in [6, 6.07) is 4.96. The Kier molecular flexibility index (Phi) is 3.71. The van der Waals surface area contributed by atoms with E-state index in [1.165, 1.54) is 0 Å². The van der Waals surface area contributed by atoms with E-state index in [-0.39, 0.29) is 6.04 Å². The van der Waals surface area contributed by atoms with E-state index >= 15 is 0 Å². The average Bonchev–Trinajstić information content (AvgIpc) is 2.75. The van der Waals surface area contributed by atoms with E-state index in [1.807, 2.05) is 6.07 Å². The SMILES string of the molecule is C#CCC(C)NS(=O)(=O)c1ccc2c(c1)CNC2. The van der Waals surface area contributed by atoms with Crippen molar-refractivity contribution in [2.45, 2.75) is 37.4 Å². The molecule has 4 nitrogen and oxygen atoms in total. The zero-order valence-electron chi connectivity index (χ0n) is 10.2. The molecule has 2 N–H and O–H groups in total. The van der Waals surface area contributed by atoms with Crippen LogP contribution in [0.2, 0.25) is 0 Å². The Hall–Kier alpha value is -1.35. The van der Waals surface area contributed by atoms with Crippen molar-refractivity contribution >= 4 is 10.0 Å². The molecule has 96 valence electrons. The average molecular weight is 264 g/mol. The Bertz CT molecular complexity index is 587. The van der Waals surface area contributed by atoms with Crippen LogP contribution in [0, 0.1) is 12.3 Å². The number of sulfonamides is 1. The molecule has 2 rings (SSSR count). The van der Waals surface area contributed by atoms with Gasteiger partial charge in [-0.25, -0.2) is 13.1 Å². The van der Waals surface area contributed by atoms with Gasteiger partial charge in [-0.1, -0.05) is 6.07 Å². The summed E-state index contributed by atoms with van der Waals surface area (Å²) < 4.78 is 26.8. The molecule has 0 aromatic heterocycles. The van der Waals surface area contributed by atoms with Gasteiger partial charge in [-0.3, -0.25) is 0 Å². The van der Waals surface area contributed by atoms with Crippen molar-refractivity contribution in [2.75, 3.05) is 0 Å². The van der Waals surface area contributed by atoms with Gasteiger partial charge in [0.25, 0.3) is 0 Å². The fraction of sp³-hybridized carbons (Fsp3) is 0.385. The highest BCUT2D eigenvalue weighted by molar-refractivity contribution is 7.89. The first-order chi connectivity index (χ1) is 8.53. The molecular weight excluding hydrogens is 248 g/mol. The molecule has 1 aromatic carbocycles. The summed E-state index contributed by atoms with van der Waals surface area (Å²) >= 11 is 0. The van der Waals surface area contributed by atoms with Crippen molar-refractivity contribution in [1.29, 1.82) is 0 Å². The van der Waals surface area contributed by atoms with Crippen LogP contribution in [0.25, 0.3) is 0 Å². The lowest BCUT2D eigenvalue weighted by Crippen LogP contribution is -2.32. The molecular formula is C13H16N2O2S. The molecule has 18 heavy (non-hydrogen) atoms. The van der Waals surface area contributed by atoms with E-state index in [9.17, 15) is 8.42 Å². The predicted octanol–water partition coefficient (Wildman–Crippen LogP) is 0.980. The molecule has 0 aliphatic carbocycles. The zero-order valence-corrected chi connectivity index (χ0v) is 11.0. The fourth-order valence-electron chi connectivity index (χ4n) is 1.99. The van der Waals surface area contributed by atoms with Crippen LogP contribution in [0.15, 0.2) is 23.1 Å². The standard InChI is InChI=1S/C13H16N2O2S/c1-3-4-10(2)15-18(16,17)13-6-5-11-8-14-9-12(11)7-13/h1,5-7,10,14-15H,4,8-9H2,2H3. The van der Waals surface area contributed by atoms with Gasteiger partial charge in [0.05, 0.1) is 4.90 Å². The molecule has 0 radical (unpaired) electrons. The molecule has 1 atom stereocenters. The quantitative estimate of drug-likeness (QED) is 0.797. The van der Waals surface area contributed by atoms with Crippen LogP contribution in [-0.4, -0.2) is 14.5 Å². The zero-order chi connectivity index (χ0) is 13.2. The Labute approximate surface area is 108 Å². The fourth-order valence-corrected chi connectivity index (χ4v) is 3.28. The number of terminal acetylenes is 1. The van der Waals surface area contributed by atoms with Gasteiger partial charge >= 0.3 is 0 Å². The van der Waals surface area contributed by atoms with E-state index in [0.29, 0.717) is 11.3 Å². The molecule has 0 spiro atoms. The number of rotatable bonds is 4. The van der Waals surface area contributed by atoms with Gasteiger partial charge in [0, 0.05) is 25.6 Å². The van der Waals surface area contributed by atoms with Crippen LogP contribution in [0.3, 0.4) is 0 Å². The molecule has 0 saturated carbocycles. The molecule has 1 heterocycles. The Morgan fingerprint density at radius 3 is 2.89 bits per heavy atom. The molecule has 0 saturated heterocycles. The van der Waals surface area contributed by atoms with Crippen LogP contribution in [0.5, 0.6) is 0 Å². The Morgan fingerprint density at radius 2 is 2.17 bits per heavy atom. The van der Waals surface area contributed by atoms with Crippen molar-refractivity contribution in [2.24, 2.45) is 0 Å². The lowest BCUT2D eigenvalue weighted by molar-refractivity contribution is 0.563. The van der Waals surface area contributed by atoms with E-state index in [2.05, 4.69) is 16.0 Å². The Morgan fingerprint density at radius 1 is 1.44 bits per heavy atom. The molecule has 0 fully saturated rings. The van der Waals surface area contributed by atoms with Gasteiger partial charge in [-0.2, -0.15) is 0 Å². The van der Waals surface area contributed by atoms with E-state index in [0.717, 1.165) is 24.2 Å². The smallest absolute Gasteiger partial charge is 0.240 e. The van der Waals surface area contributed by atoms with Crippen molar-refractivity contribution < 1.29 is 8.42 Å². The largest absolute Gasteiger partial charge is 0.309 e. The molecule has 0 bridgehead atoms. The van der Waals surface area contributed by atoms with E-state index in [1.54, 1.807) is 19.1 Å². The highest BCUT2D eigenvalue weighted by atomic mass is 32.2. The first kappa shape index (κ1) is 13.1. The summed E-state index contributed by atoms with van der Waals surface area (Å²) in [5.41, 5.74) is 2.20. The van der Waals surface area contributed by atoms with Gasteiger partial charge in [-0.05, 0) is 30.2 Å². The second-order valence-corrected chi connectivity index (χ2v) is 6.18. The van der Waals surface area contributed by atoms with Crippen LogP contribution in [0.1, 0.15) is 24.5 Å². The first-order valence-corrected chi connectivity index (χ1v) is 7.29. The molecule has 5 heteroatoms. The lowest BCUT2D eigenvalue weighted by Gasteiger charge is -2.12. The van der Waals surface area contributed by atoms with Gasteiger partial charge in [-0.15, -0.1) is 12.3 Å². The van der Waals surface area contributed by atoms with Crippen molar-refractivity contribution in [3.8, 4) is 12.3 Å². The van der Waals surface area contributed by atoms with Gasteiger partial charge in [0.1, 0.15) is 0 Å². The van der Waals surface area contributed by atoms with Crippen molar-refractivity contribution in [1.82, 2.24) is 10.0 Å². The second-order valence-electron chi connectivity index (χ2n) is 4.46. The molecule has 0 amide bonds. The van der Waals surface area contributed by atoms with Crippen molar-refractivity contribution in [3.05, 3.63) is 29.3 Å². The van der Waals surface area contributed by atoms with Crippen LogP contribution < -0.4 is 10.0 Å². The molecule has 1 aliphatic rings. The second kappa shape index (κ2) is 5.11. The molecule has 1 aliphatic heterocycles. The molecule has 1 aromatic rings. The highest BCUT2D eigenvalue weighted by Crippen LogP contribution is 2.20. The van der Waals surface area contributed by atoms with Crippen LogP contribution in [-0.2, 0) is 23.1 Å². The molecule has 1 unspecified atom stereocenters. The minimum absolute atomic E-state index is 0.258. The lowest BCUT2D eigenvalue weighted by atomic mass is 10.1. The monoisotopic (exact) mass is 264 g/mol. The van der Waals surface area contributed by atoms with Crippen molar-refractivity contribution in [3.63, 3.8) is 0 Å². The normalized spacial score (nSPS) is 16.0. The minimum Gasteiger partial charge on any atom is -0.309 e. The predicted molar refractivity (Wildman–Crippen MR) is 70.2 cm³/mol. The summed E-state index contributed by atoms with van der Waals surface area (Å²) in [4.78, 5) is 0.300. The minimum atomic E-state index is -3.48. The number of nitrogens with one attached hydrogen (secondary N) is 2. The maximum atomic E-state index is 12.1. The third-order valence-electron chi connectivity index (χ3n) is 2.90. The summed E-state index contributed by atoms with van der Waals surface area (Å²) in [5.74, 6) is 2.45. The third kappa shape index (κ3) is 2.72. The van der Waals surface area contributed by atoms with E-state index < -0.39 is 10.0 Å². The topological polar surface area (TPSA) is 58.2 Å². The number of hydrogen-bond donors (Lipinski definition) is 2. The maximum absolute atomic E-state index is 12.1. The number of hydrogen-bond acceptors (Lipinski definition) is 3. The van der Waals surface area contributed by atoms with Gasteiger partial charge in [0.15, 0.2) is 0 Å². The summed E-state index contributed by atoms with van der Waals surface area (Å²) in [6.45, 7) is 3.28. The summed E-state index contributed by atoms with van der Waals surface area (Å²) in [6.07, 6.45) is 5.55. The summed E-state index contributed by atoms with van der Waals surface area (Å²) in [7, 11) is -3.48. The van der Waals surface area contributed by atoms with E-state index in [4.69, 9.17) is 6.42 Å². The number of benzene rings is 1. The van der Waals surface area contributed by atoms with Crippen LogP contribution in [0.4, 0.5) is 0 Å². The van der Waals surface area contributed by atoms with Gasteiger partial charge < -0.3 is 5.32 Å². The number of fused-ring (bicyclic) bond motifs is 1.